The number of phenolic OH excluding ortho intramolecular Hbond substituents is 1. The van der Waals surface area contributed by atoms with Gasteiger partial charge >= 0.3 is 0 Å². The minimum absolute atomic E-state index is 0. The third kappa shape index (κ3) is 2.70. The van der Waals surface area contributed by atoms with Crippen molar-refractivity contribution in [3.8, 4) is 5.75 Å². The molecular formula is C20H30ClNO. The zero-order chi connectivity index (χ0) is 15.9. The van der Waals surface area contributed by atoms with Crippen LogP contribution < -0.4 is 5.32 Å². The highest BCUT2D eigenvalue weighted by Gasteiger charge is 2.52. The number of aryl methyl sites for hydroxylation is 1. The van der Waals surface area contributed by atoms with Crippen molar-refractivity contribution < 1.29 is 5.11 Å². The highest BCUT2D eigenvalue weighted by Crippen LogP contribution is 2.63. The molecule has 0 amide bonds. The summed E-state index contributed by atoms with van der Waals surface area (Å²) in [5.41, 5.74) is 5.30. The summed E-state index contributed by atoms with van der Waals surface area (Å²) in [7, 11) is 2.05. The molecule has 2 N–H and O–H groups in total. The summed E-state index contributed by atoms with van der Waals surface area (Å²) in [5, 5.41) is 14.5. The first-order chi connectivity index (χ1) is 10.5. The fourth-order valence-corrected chi connectivity index (χ4v) is 5.06. The van der Waals surface area contributed by atoms with Gasteiger partial charge in [0.1, 0.15) is 5.75 Å². The maximum absolute atomic E-state index is 10.9. The lowest BCUT2D eigenvalue weighted by Crippen LogP contribution is -2.35. The average Bonchev–Trinajstić information content (AvgIpc) is 2.78. The molecule has 0 radical (unpaired) electrons. The minimum atomic E-state index is 0. The second-order valence-corrected chi connectivity index (χ2v) is 7.33. The quantitative estimate of drug-likeness (QED) is 0.746. The monoisotopic (exact) mass is 335 g/mol. The molecule has 128 valence electrons. The smallest absolute Gasteiger partial charge is 0.124 e. The molecule has 0 bridgehead atoms. The Hall–Kier alpha value is -0.990. The van der Waals surface area contributed by atoms with Gasteiger partial charge < -0.3 is 10.4 Å². The molecule has 0 heterocycles. The number of hydrogen-bond acceptors (Lipinski definition) is 2. The van der Waals surface area contributed by atoms with E-state index >= 15 is 0 Å². The number of hydrogen-bond donors (Lipinski definition) is 2. The Bertz CT molecular complexity index is 610. The molecule has 1 fully saturated rings. The molecule has 2 aliphatic carbocycles. The third-order valence-electron chi connectivity index (χ3n) is 6.08. The van der Waals surface area contributed by atoms with Crippen molar-refractivity contribution in [2.45, 2.75) is 64.8 Å². The molecule has 1 aromatic rings. The highest BCUT2D eigenvalue weighted by atomic mass is 35.5. The number of phenols is 1. The van der Waals surface area contributed by atoms with E-state index in [1.54, 1.807) is 0 Å². The van der Waals surface area contributed by atoms with Gasteiger partial charge in [0.15, 0.2) is 0 Å². The van der Waals surface area contributed by atoms with E-state index in [0.717, 1.165) is 12.0 Å². The molecule has 2 nitrogen and oxygen atoms in total. The molecule has 1 aromatic carbocycles. The van der Waals surface area contributed by atoms with Gasteiger partial charge in [-0.1, -0.05) is 38.0 Å². The first kappa shape index (κ1) is 18.4. The van der Waals surface area contributed by atoms with Crippen LogP contribution in [0.25, 0.3) is 0 Å². The SMILES string of the molecule is CC=CCc1cc(C)c2c(c1O)C(NC)C1(C)CCCCC21.Cl. The summed E-state index contributed by atoms with van der Waals surface area (Å²) < 4.78 is 0. The van der Waals surface area contributed by atoms with Crippen LogP contribution in [0, 0.1) is 12.3 Å². The Balaban J connectivity index is 0.00000192. The molecule has 3 heteroatoms. The Labute approximate surface area is 146 Å². The second kappa shape index (κ2) is 6.86. The van der Waals surface area contributed by atoms with Gasteiger partial charge in [0.05, 0.1) is 0 Å². The fraction of sp³-hybridized carbons (Fsp3) is 0.600. The van der Waals surface area contributed by atoms with Crippen LogP contribution in [0.3, 0.4) is 0 Å². The maximum Gasteiger partial charge on any atom is 0.124 e. The molecule has 3 rings (SSSR count). The Morgan fingerprint density at radius 1 is 1.35 bits per heavy atom. The molecule has 3 atom stereocenters. The van der Waals surface area contributed by atoms with Crippen LogP contribution in [-0.4, -0.2) is 12.2 Å². The molecule has 3 unspecified atom stereocenters. The summed E-state index contributed by atoms with van der Waals surface area (Å²) in [6.07, 6.45) is 10.1. The molecule has 0 spiro atoms. The molecule has 23 heavy (non-hydrogen) atoms. The van der Waals surface area contributed by atoms with Crippen LogP contribution in [0.5, 0.6) is 5.75 Å². The van der Waals surface area contributed by atoms with Crippen molar-refractivity contribution in [1.29, 1.82) is 0 Å². The first-order valence-corrected chi connectivity index (χ1v) is 8.68. The number of fused-ring (bicyclic) bond motifs is 3. The van der Waals surface area contributed by atoms with E-state index < -0.39 is 0 Å². The largest absolute Gasteiger partial charge is 0.507 e. The van der Waals surface area contributed by atoms with Gasteiger partial charge in [0.25, 0.3) is 0 Å². The van der Waals surface area contributed by atoms with E-state index in [-0.39, 0.29) is 23.9 Å². The molecule has 0 aromatic heterocycles. The number of rotatable bonds is 3. The van der Waals surface area contributed by atoms with Crippen molar-refractivity contribution in [1.82, 2.24) is 5.32 Å². The van der Waals surface area contributed by atoms with E-state index in [2.05, 4.69) is 37.4 Å². The number of halogens is 1. The van der Waals surface area contributed by atoms with Crippen LogP contribution in [0.2, 0.25) is 0 Å². The zero-order valence-corrected chi connectivity index (χ0v) is 15.6. The first-order valence-electron chi connectivity index (χ1n) is 8.68. The van der Waals surface area contributed by atoms with Gasteiger partial charge in [-0.3, -0.25) is 0 Å². The van der Waals surface area contributed by atoms with E-state index in [9.17, 15) is 5.11 Å². The van der Waals surface area contributed by atoms with Crippen LogP contribution >= 0.6 is 12.4 Å². The van der Waals surface area contributed by atoms with Gasteiger partial charge in [0, 0.05) is 11.6 Å². The maximum atomic E-state index is 10.9. The van der Waals surface area contributed by atoms with Crippen LogP contribution in [0.1, 0.15) is 73.7 Å². The lowest BCUT2D eigenvalue weighted by atomic mass is 9.66. The summed E-state index contributed by atoms with van der Waals surface area (Å²) in [5.74, 6) is 1.13. The van der Waals surface area contributed by atoms with Crippen LogP contribution in [0.4, 0.5) is 0 Å². The predicted molar refractivity (Wildman–Crippen MR) is 99.7 cm³/mol. The number of benzene rings is 1. The van der Waals surface area contributed by atoms with Gasteiger partial charge in [-0.2, -0.15) is 0 Å². The van der Waals surface area contributed by atoms with E-state index in [1.165, 1.54) is 42.4 Å². The van der Waals surface area contributed by atoms with Crippen molar-refractivity contribution in [3.63, 3.8) is 0 Å². The third-order valence-corrected chi connectivity index (χ3v) is 6.08. The second-order valence-electron chi connectivity index (χ2n) is 7.33. The number of nitrogens with one attached hydrogen (secondary N) is 1. The molecule has 0 saturated heterocycles. The van der Waals surface area contributed by atoms with Crippen LogP contribution in [-0.2, 0) is 6.42 Å². The van der Waals surface area contributed by atoms with Crippen molar-refractivity contribution in [3.05, 3.63) is 40.5 Å². The topological polar surface area (TPSA) is 32.3 Å². The lowest BCUT2D eigenvalue weighted by molar-refractivity contribution is 0.140. The average molecular weight is 336 g/mol. The standard InChI is InChI=1S/C20H29NO.ClH/c1-5-6-9-14-12-13(2)16-15-10-7-8-11-20(15,3)19(21-4)17(16)18(14)22;/h5-6,12,15,19,21-22H,7-11H2,1-4H3;1H. The van der Waals surface area contributed by atoms with Crippen LogP contribution in [0.15, 0.2) is 18.2 Å². The van der Waals surface area contributed by atoms with E-state index in [0.29, 0.717) is 11.7 Å². The lowest BCUT2D eigenvalue weighted by Gasteiger charge is -2.41. The highest BCUT2D eigenvalue weighted by molar-refractivity contribution is 5.85. The van der Waals surface area contributed by atoms with Crippen molar-refractivity contribution in [2.24, 2.45) is 5.41 Å². The Kier molecular flexibility index (Phi) is 5.48. The minimum Gasteiger partial charge on any atom is -0.507 e. The normalized spacial score (nSPS) is 29.2. The molecular weight excluding hydrogens is 306 g/mol. The van der Waals surface area contributed by atoms with Gasteiger partial charge in [-0.25, -0.2) is 0 Å². The summed E-state index contributed by atoms with van der Waals surface area (Å²) in [6.45, 7) is 6.68. The summed E-state index contributed by atoms with van der Waals surface area (Å²) in [4.78, 5) is 0. The predicted octanol–water partition coefficient (Wildman–Crippen LogP) is 5.18. The summed E-state index contributed by atoms with van der Waals surface area (Å²) in [6, 6.07) is 2.48. The molecule has 1 saturated carbocycles. The Morgan fingerprint density at radius 3 is 2.74 bits per heavy atom. The van der Waals surface area contributed by atoms with Gasteiger partial charge in [-0.15, -0.1) is 12.4 Å². The Morgan fingerprint density at radius 2 is 2.09 bits per heavy atom. The number of aromatic hydroxyl groups is 1. The van der Waals surface area contributed by atoms with E-state index in [1.807, 2.05) is 14.0 Å². The van der Waals surface area contributed by atoms with Gasteiger partial charge in [-0.05, 0) is 68.2 Å². The van der Waals surface area contributed by atoms with E-state index in [4.69, 9.17) is 0 Å². The molecule has 0 aliphatic heterocycles. The summed E-state index contributed by atoms with van der Waals surface area (Å²) >= 11 is 0. The zero-order valence-electron chi connectivity index (χ0n) is 14.8. The van der Waals surface area contributed by atoms with Crippen molar-refractivity contribution in [2.75, 3.05) is 7.05 Å². The fourth-order valence-electron chi connectivity index (χ4n) is 5.06. The van der Waals surface area contributed by atoms with Crippen molar-refractivity contribution >= 4 is 12.4 Å². The number of allylic oxidation sites excluding steroid dienone is 2. The van der Waals surface area contributed by atoms with Gasteiger partial charge in [0.2, 0.25) is 0 Å². The molecule has 2 aliphatic rings.